The van der Waals surface area contributed by atoms with Crippen LogP contribution in [0.15, 0.2) is 22.6 Å². The number of ether oxygens (including phenoxy) is 1. The second-order valence-corrected chi connectivity index (χ2v) is 3.69. The van der Waals surface area contributed by atoms with Crippen molar-refractivity contribution in [1.29, 1.82) is 0 Å². The van der Waals surface area contributed by atoms with Gasteiger partial charge in [0.1, 0.15) is 11.6 Å². The monoisotopic (exact) mass is 252 g/mol. The van der Waals surface area contributed by atoms with Crippen molar-refractivity contribution in [3.8, 4) is 0 Å². The zero-order chi connectivity index (χ0) is 13.3. The van der Waals surface area contributed by atoms with Gasteiger partial charge in [0, 0.05) is 0 Å². The van der Waals surface area contributed by atoms with Gasteiger partial charge in [-0.25, -0.2) is 4.79 Å². The van der Waals surface area contributed by atoms with Crippen LogP contribution in [-0.4, -0.2) is 34.4 Å². The summed E-state index contributed by atoms with van der Waals surface area (Å²) in [7, 11) is 1.12. The van der Waals surface area contributed by atoms with E-state index in [1.54, 1.807) is 6.07 Å². The number of carbonyl (C=O) groups excluding carboxylic acids is 1. The van der Waals surface area contributed by atoms with Crippen molar-refractivity contribution < 1.29 is 24.2 Å². The summed E-state index contributed by atoms with van der Waals surface area (Å²) in [4.78, 5) is 15.0. The van der Waals surface area contributed by atoms with E-state index in [2.05, 4.69) is 9.72 Å². The van der Waals surface area contributed by atoms with Crippen molar-refractivity contribution in [3.63, 3.8) is 0 Å². The third-order valence-electron chi connectivity index (χ3n) is 2.51. The van der Waals surface area contributed by atoms with Crippen LogP contribution < -0.4 is 5.73 Å². The number of rotatable bonds is 3. The number of nitrogens with zero attached hydrogens (tertiary/aromatic N) is 1. The number of benzene rings is 1. The molecule has 96 valence electrons. The Morgan fingerprint density at radius 1 is 1.50 bits per heavy atom. The minimum absolute atomic E-state index is 0.00477. The molecule has 0 aliphatic carbocycles. The maximum absolute atomic E-state index is 11.1. The highest BCUT2D eigenvalue weighted by Gasteiger charge is 2.26. The van der Waals surface area contributed by atoms with Crippen LogP contribution >= 0.6 is 0 Å². The number of hydrogen-bond acceptors (Lipinski definition) is 7. The molecule has 2 rings (SSSR count). The molecule has 0 radical (unpaired) electrons. The summed E-state index contributed by atoms with van der Waals surface area (Å²) < 4.78 is 9.41. The van der Waals surface area contributed by atoms with Gasteiger partial charge in [0.05, 0.1) is 7.11 Å². The molecule has 1 heterocycles. The van der Waals surface area contributed by atoms with E-state index in [0.29, 0.717) is 16.7 Å². The first kappa shape index (κ1) is 12.3. The minimum Gasteiger partial charge on any atom is -0.467 e. The Balaban J connectivity index is 2.32. The number of methoxy groups -OCH3 is 1. The van der Waals surface area contributed by atoms with Gasteiger partial charge in [-0.05, 0) is 17.7 Å². The molecule has 2 unspecified atom stereocenters. The number of aromatic nitrogens is 1. The summed E-state index contributed by atoms with van der Waals surface area (Å²) in [5.74, 6) is -0.915. The van der Waals surface area contributed by atoms with Gasteiger partial charge in [0.25, 0.3) is 6.01 Å². The lowest BCUT2D eigenvalue weighted by molar-refractivity contribution is -0.156. The first-order valence-corrected chi connectivity index (χ1v) is 5.13. The van der Waals surface area contributed by atoms with Crippen LogP contribution in [0.3, 0.4) is 0 Å². The summed E-state index contributed by atoms with van der Waals surface area (Å²) >= 11 is 0. The molecule has 1 aromatic heterocycles. The van der Waals surface area contributed by atoms with Crippen LogP contribution in [0.1, 0.15) is 11.7 Å². The van der Waals surface area contributed by atoms with Crippen molar-refractivity contribution in [3.05, 3.63) is 23.8 Å². The number of hydrogen-bond donors (Lipinski definition) is 3. The molecule has 18 heavy (non-hydrogen) atoms. The number of carbonyl (C=O) groups is 1. The summed E-state index contributed by atoms with van der Waals surface area (Å²) in [5, 5.41) is 19.3. The van der Waals surface area contributed by atoms with Gasteiger partial charge in [-0.3, -0.25) is 0 Å². The van der Waals surface area contributed by atoms with Gasteiger partial charge in [0.15, 0.2) is 11.7 Å². The van der Waals surface area contributed by atoms with Crippen molar-refractivity contribution in [2.24, 2.45) is 0 Å². The van der Waals surface area contributed by atoms with Crippen LogP contribution in [0.2, 0.25) is 0 Å². The van der Waals surface area contributed by atoms with Crippen LogP contribution in [-0.2, 0) is 9.53 Å². The lowest BCUT2D eigenvalue weighted by Gasteiger charge is -2.15. The minimum atomic E-state index is -1.66. The largest absolute Gasteiger partial charge is 0.467 e. The molecular formula is C11H12N2O5. The Hall–Kier alpha value is -2.12. The van der Waals surface area contributed by atoms with Crippen molar-refractivity contribution in [1.82, 2.24) is 4.98 Å². The number of nitrogen functional groups attached to an aromatic ring is 1. The van der Waals surface area contributed by atoms with E-state index in [1.165, 1.54) is 12.1 Å². The van der Waals surface area contributed by atoms with E-state index in [4.69, 9.17) is 10.2 Å². The number of oxazole rings is 1. The first-order valence-electron chi connectivity index (χ1n) is 5.13. The first-order chi connectivity index (χ1) is 8.52. The molecule has 7 heteroatoms. The molecule has 0 aliphatic heterocycles. The van der Waals surface area contributed by atoms with Crippen LogP contribution in [0.25, 0.3) is 11.1 Å². The van der Waals surface area contributed by atoms with Crippen LogP contribution in [0.5, 0.6) is 0 Å². The summed E-state index contributed by atoms with van der Waals surface area (Å²) in [5.41, 5.74) is 6.58. The number of aliphatic hydroxyl groups is 2. The topological polar surface area (TPSA) is 119 Å². The molecule has 0 saturated carbocycles. The standard InChI is InChI=1S/C11H12N2O5/c1-17-10(16)9(15)8(14)5-2-3-7-6(4-5)13-11(12)18-7/h2-4,8-9,14-15H,1H3,(H2,12,13). The van der Waals surface area contributed by atoms with Gasteiger partial charge < -0.3 is 25.1 Å². The van der Waals surface area contributed by atoms with Gasteiger partial charge in [-0.15, -0.1) is 0 Å². The molecule has 2 atom stereocenters. The average molecular weight is 252 g/mol. The fourth-order valence-corrected chi connectivity index (χ4v) is 1.58. The highest BCUT2D eigenvalue weighted by Crippen LogP contribution is 2.24. The normalized spacial score (nSPS) is 14.4. The maximum Gasteiger partial charge on any atom is 0.337 e. The smallest absolute Gasteiger partial charge is 0.337 e. The van der Waals surface area contributed by atoms with Gasteiger partial charge in [-0.2, -0.15) is 4.98 Å². The van der Waals surface area contributed by atoms with Crippen molar-refractivity contribution in [2.45, 2.75) is 12.2 Å². The SMILES string of the molecule is COC(=O)C(O)C(O)c1ccc2oc(N)nc2c1. The van der Waals surface area contributed by atoms with Gasteiger partial charge in [-0.1, -0.05) is 6.07 Å². The molecule has 0 bridgehead atoms. The second-order valence-electron chi connectivity index (χ2n) is 3.69. The van der Waals surface area contributed by atoms with E-state index in [1.807, 2.05) is 0 Å². The summed E-state index contributed by atoms with van der Waals surface area (Å²) in [6.07, 6.45) is -3.06. The molecule has 0 aliphatic rings. The third-order valence-corrected chi connectivity index (χ3v) is 2.51. The predicted molar refractivity (Wildman–Crippen MR) is 61.4 cm³/mol. The molecule has 7 nitrogen and oxygen atoms in total. The molecular weight excluding hydrogens is 240 g/mol. The quantitative estimate of drug-likeness (QED) is 0.656. The zero-order valence-corrected chi connectivity index (χ0v) is 9.53. The number of nitrogens with two attached hydrogens (primary N) is 1. The molecule has 0 saturated heterocycles. The summed E-state index contributed by atoms with van der Waals surface area (Å²) in [6, 6.07) is 4.53. The van der Waals surface area contributed by atoms with Crippen LogP contribution in [0, 0.1) is 0 Å². The fraction of sp³-hybridized carbons (Fsp3) is 0.273. The van der Waals surface area contributed by atoms with Crippen molar-refractivity contribution >= 4 is 23.1 Å². The molecule has 0 spiro atoms. The van der Waals surface area contributed by atoms with Crippen molar-refractivity contribution in [2.75, 3.05) is 12.8 Å². The van der Waals surface area contributed by atoms with E-state index in [-0.39, 0.29) is 6.01 Å². The molecule has 1 aromatic carbocycles. The highest BCUT2D eigenvalue weighted by molar-refractivity contribution is 5.77. The Bertz CT molecular complexity index is 580. The molecule has 0 amide bonds. The van der Waals surface area contributed by atoms with E-state index in [0.717, 1.165) is 7.11 Å². The number of esters is 1. The Kier molecular flexibility index (Phi) is 3.17. The lowest BCUT2D eigenvalue weighted by Crippen LogP contribution is -2.28. The third kappa shape index (κ3) is 2.13. The molecule has 4 N–H and O–H groups in total. The van der Waals surface area contributed by atoms with E-state index in [9.17, 15) is 15.0 Å². The number of fused-ring (bicyclic) bond motifs is 1. The Morgan fingerprint density at radius 2 is 2.22 bits per heavy atom. The van der Waals surface area contributed by atoms with Gasteiger partial charge in [0.2, 0.25) is 0 Å². The fourth-order valence-electron chi connectivity index (χ4n) is 1.58. The number of anilines is 1. The van der Waals surface area contributed by atoms with E-state index >= 15 is 0 Å². The number of aliphatic hydroxyl groups excluding tert-OH is 2. The van der Waals surface area contributed by atoms with Gasteiger partial charge >= 0.3 is 5.97 Å². The molecule has 0 fully saturated rings. The van der Waals surface area contributed by atoms with E-state index < -0.39 is 18.2 Å². The van der Waals surface area contributed by atoms with Crippen LogP contribution in [0.4, 0.5) is 6.01 Å². The summed E-state index contributed by atoms with van der Waals surface area (Å²) in [6.45, 7) is 0. The Morgan fingerprint density at radius 3 is 2.89 bits per heavy atom. The predicted octanol–water partition coefficient (Wildman–Crippen LogP) is -0.0227. The zero-order valence-electron chi connectivity index (χ0n) is 9.53. The molecule has 2 aromatic rings. The second kappa shape index (κ2) is 4.63. The lowest BCUT2D eigenvalue weighted by atomic mass is 10.0. The maximum atomic E-state index is 11.1. The average Bonchev–Trinajstić information content (AvgIpc) is 2.74. The highest BCUT2D eigenvalue weighted by atomic mass is 16.5. The Labute approximate surface area is 102 Å².